The fourth-order valence-electron chi connectivity index (χ4n) is 6.09. The zero-order valence-electron chi connectivity index (χ0n) is 28.2. The third kappa shape index (κ3) is 6.90. The predicted octanol–water partition coefficient (Wildman–Crippen LogP) is 6.74. The van der Waals surface area contributed by atoms with E-state index in [1.165, 1.54) is 30.6 Å². The van der Waals surface area contributed by atoms with Crippen molar-refractivity contribution in [2.24, 2.45) is 5.73 Å². The number of ether oxygens (including phenoxy) is 3. The molecule has 262 valence electrons. The van der Waals surface area contributed by atoms with Crippen molar-refractivity contribution in [3.8, 4) is 33.1 Å². The first-order valence-electron chi connectivity index (χ1n) is 15.9. The normalized spacial score (nSPS) is 11.8. The number of benzene rings is 3. The van der Waals surface area contributed by atoms with Gasteiger partial charge in [-0.15, -0.1) is 11.3 Å². The summed E-state index contributed by atoms with van der Waals surface area (Å²) in [5, 5.41) is 7.48. The van der Waals surface area contributed by atoms with E-state index in [-0.39, 0.29) is 28.3 Å². The fraction of sp³-hybridized carbons (Fsp3) is 0.211. The van der Waals surface area contributed by atoms with Gasteiger partial charge in [0.25, 0.3) is 11.8 Å². The average Bonchev–Trinajstić information content (AvgIpc) is 3.53. The summed E-state index contributed by atoms with van der Waals surface area (Å²) < 4.78 is 45.3. The molecule has 0 unspecified atom stereocenters. The van der Waals surface area contributed by atoms with E-state index in [0.717, 1.165) is 51.9 Å². The van der Waals surface area contributed by atoms with E-state index in [9.17, 15) is 23.2 Å². The van der Waals surface area contributed by atoms with E-state index in [1.807, 2.05) is 37.4 Å². The van der Waals surface area contributed by atoms with E-state index in [0.29, 0.717) is 36.6 Å². The number of esters is 1. The minimum Gasteiger partial charge on any atom is -0.494 e. The smallest absolute Gasteiger partial charge is 0.357 e. The lowest BCUT2D eigenvalue weighted by atomic mass is 9.93. The van der Waals surface area contributed by atoms with E-state index in [2.05, 4.69) is 15.6 Å². The van der Waals surface area contributed by atoms with Crippen LogP contribution in [0.15, 0.2) is 60.0 Å². The highest BCUT2D eigenvalue weighted by atomic mass is 32.1. The van der Waals surface area contributed by atoms with Crippen LogP contribution in [0.2, 0.25) is 0 Å². The number of carbonyl (C=O) groups is 3. The molecular weight excluding hydrogens is 679 g/mol. The first-order valence-corrected chi connectivity index (χ1v) is 16.8. The van der Waals surface area contributed by atoms with Crippen molar-refractivity contribution >= 4 is 34.8 Å². The van der Waals surface area contributed by atoms with Crippen molar-refractivity contribution in [3.63, 3.8) is 0 Å². The topological polar surface area (TPSA) is 142 Å². The highest BCUT2D eigenvalue weighted by molar-refractivity contribution is 7.13. The maximum atomic E-state index is 14.7. The highest BCUT2D eigenvalue weighted by Gasteiger charge is 2.28. The van der Waals surface area contributed by atoms with Crippen LogP contribution in [-0.2, 0) is 24.2 Å². The molecule has 4 N–H and O–H groups in total. The standard InChI is InChI=1S/C38H34F2N4O6S/c1-19-13-21(17-41)14-20(2)33(19)44-36(45)25-15-26-31(50-11-9-22-10-12-51-35(22)26)16-24(25)23-5-7-29(43-34(23)38(47)49-4)37(46)42-18-27-28(39)6-8-30(48-3)32(27)40/h5-8,10,12-16H,9,11,17-18,41H2,1-4H3,(H,42,46)(H,44,45). The number of hydrogen-bond acceptors (Lipinski definition) is 9. The molecule has 0 saturated heterocycles. The fourth-order valence-corrected chi connectivity index (χ4v) is 7.06. The molecule has 3 heterocycles. The Morgan fingerprint density at radius 1 is 0.961 bits per heavy atom. The van der Waals surface area contributed by atoms with Gasteiger partial charge in [-0.25, -0.2) is 18.6 Å². The molecule has 2 amide bonds. The van der Waals surface area contributed by atoms with Crippen LogP contribution in [0.3, 0.4) is 0 Å². The van der Waals surface area contributed by atoms with E-state index >= 15 is 0 Å². The maximum Gasteiger partial charge on any atom is 0.357 e. The molecular formula is C38H34F2N4O6S. The molecule has 0 radical (unpaired) electrons. The van der Waals surface area contributed by atoms with Crippen LogP contribution < -0.4 is 25.8 Å². The third-order valence-electron chi connectivity index (χ3n) is 8.64. The van der Waals surface area contributed by atoms with Crippen molar-refractivity contribution in [3.05, 3.63) is 116 Å². The minimum atomic E-state index is -0.956. The van der Waals surface area contributed by atoms with Gasteiger partial charge in [-0.05, 0) is 83.9 Å². The molecule has 1 aliphatic heterocycles. The second-order valence-corrected chi connectivity index (χ2v) is 12.8. The van der Waals surface area contributed by atoms with Crippen LogP contribution >= 0.6 is 11.3 Å². The Morgan fingerprint density at radius 3 is 2.43 bits per heavy atom. The van der Waals surface area contributed by atoms with Gasteiger partial charge >= 0.3 is 5.97 Å². The molecule has 2 aromatic heterocycles. The first kappa shape index (κ1) is 35.2. The van der Waals surface area contributed by atoms with Crippen molar-refractivity contribution in [1.29, 1.82) is 0 Å². The molecule has 13 heteroatoms. The van der Waals surface area contributed by atoms with Crippen LogP contribution in [-0.4, -0.2) is 43.6 Å². The summed E-state index contributed by atoms with van der Waals surface area (Å²) in [7, 11) is 2.41. The summed E-state index contributed by atoms with van der Waals surface area (Å²) in [5.41, 5.74) is 10.7. The number of halogens is 2. The SMILES string of the molecule is COC(=O)c1nc(C(=O)NCc2c(F)ccc(OC)c2F)ccc1-c1cc2c(cc1C(=O)Nc1c(C)cc(CN)cc1C)-c1sccc1CCO2. The maximum absolute atomic E-state index is 14.7. The van der Waals surface area contributed by atoms with Gasteiger partial charge in [-0.1, -0.05) is 12.1 Å². The molecule has 0 aliphatic carbocycles. The Bertz CT molecular complexity index is 2180. The number of methoxy groups -OCH3 is 2. The first-order chi connectivity index (χ1) is 24.5. The number of thiophene rings is 1. The average molecular weight is 713 g/mol. The summed E-state index contributed by atoms with van der Waals surface area (Å²) in [6, 6.07) is 14.3. The van der Waals surface area contributed by atoms with Crippen LogP contribution in [0, 0.1) is 25.5 Å². The van der Waals surface area contributed by atoms with Gasteiger partial charge in [-0.2, -0.15) is 0 Å². The Kier molecular flexibility index (Phi) is 10.1. The molecule has 0 saturated carbocycles. The molecule has 0 atom stereocenters. The molecule has 3 aromatic carbocycles. The second kappa shape index (κ2) is 14.7. The number of nitrogens with one attached hydrogen (secondary N) is 2. The molecule has 1 aliphatic rings. The summed E-state index contributed by atoms with van der Waals surface area (Å²) in [6.07, 6.45) is 0.665. The van der Waals surface area contributed by atoms with E-state index < -0.39 is 41.5 Å². The number of hydrogen-bond donors (Lipinski definition) is 3. The monoisotopic (exact) mass is 712 g/mol. The summed E-state index contributed by atoms with van der Waals surface area (Å²) in [5.74, 6) is -3.66. The van der Waals surface area contributed by atoms with Crippen LogP contribution in [0.5, 0.6) is 11.5 Å². The number of aryl methyl sites for hydroxylation is 2. The highest BCUT2D eigenvalue weighted by Crippen LogP contribution is 2.43. The zero-order valence-corrected chi connectivity index (χ0v) is 29.1. The van der Waals surface area contributed by atoms with E-state index in [1.54, 1.807) is 12.1 Å². The molecule has 0 bridgehead atoms. The number of fused-ring (bicyclic) bond motifs is 3. The molecule has 0 spiro atoms. The number of nitrogens with two attached hydrogens (primary N) is 1. The van der Waals surface area contributed by atoms with Crippen molar-refractivity contribution in [2.75, 3.05) is 26.1 Å². The van der Waals surface area contributed by atoms with Crippen molar-refractivity contribution in [1.82, 2.24) is 10.3 Å². The second-order valence-electron chi connectivity index (χ2n) is 11.8. The minimum absolute atomic E-state index is 0.186. The van der Waals surface area contributed by atoms with Gasteiger partial charge in [0.1, 0.15) is 17.3 Å². The Labute approximate surface area is 296 Å². The molecule has 0 fully saturated rings. The van der Waals surface area contributed by atoms with Gasteiger partial charge in [0.2, 0.25) is 0 Å². The molecule has 5 aromatic rings. The van der Waals surface area contributed by atoms with Gasteiger partial charge in [0, 0.05) is 57.9 Å². The van der Waals surface area contributed by atoms with Crippen LogP contribution in [0.4, 0.5) is 14.5 Å². The predicted molar refractivity (Wildman–Crippen MR) is 189 cm³/mol. The zero-order chi connectivity index (χ0) is 36.4. The number of carbonyl (C=O) groups excluding carboxylic acids is 3. The van der Waals surface area contributed by atoms with Gasteiger partial charge in [-0.3, -0.25) is 9.59 Å². The Morgan fingerprint density at radius 2 is 1.73 bits per heavy atom. The van der Waals surface area contributed by atoms with Crippen molar-refractivity contribution in [2.45, 2.75) is 33.4 Å². The lowest BCUT2D eigenvalue weighted by Gasteiger charge is -2.19. The molecule has 51 heavy (non-hydrogen) atoms. The number of nitrogens with zero attached hydrogens (tertiary/aromatic N) is 1. The van der Waals surface area contributed by atoms with Gasteiger partial charge < -0.3 is 30.6 Å². The number of pyridine rings is 1. The third-order valence-corrected chi connectivity index (χ3v) is 9.63. The number of aromatic nitrogens is 1. The number of amides is 2. The van der Waals surface area contributed by atoms with Crippen LogP contribution in [0.1, 0.15) is 59.2 Å². The quantitative estimate of drug-likeness (QED) is 0.143. The molecule has 6 rings (SSSR count). The molecule has 10 nitrogen and oxygen atoms in total. The van der Waals surface area contributed by atoms with Gasteiger partial charge in [0.15, 0.2) is 17.3 Å². The van der Waals surface area contributed by atoms with Crippen LogP contribution in [0.25, 0.3) is 21.6 Å². The lowest BCUT2D eigenvalue weighted by Crippen LogP contribution is -2.26. The number of rotatable bonds is 9. The summed E-state index contributed by atoms with van der Waals surface area (Å²) in [4.78, 5) is 46.0. The summed E-state index contributed by atoms with van der Waals surface area (Å²) in [6.45, 7) is 3.98. The largest absolute Gasteiger partial charge is 0.494 e. The number of anilines is 1. The Balaban J connectivity index is 1.44. The lowest BCUT2D eigenvalue weighted by molar-refractivity contribution is 0.0594. The summed E-state index contributed by atoms with van der Waals surface area (Å²) >= 11 is 1.53. The van der Waals surface area contributed by atoms with Crippen molar-refractivity contribution < 1.29 is 37.4 Å². The van der Waals surface area contributed by atoms with E-state index in [4.69, 9.17) is 19.9 Å². The Hall–Kier alpha value is -5.66. The van der Waals surface area contributed by atoms with Gasteiger partial charge in [0.05, 0.1) is 20.8 Å².